The fourth-order valence-electron chi connectivity index (χ4n) is 3.30. The average Bonchev–Trinajstić information content (AvgIpc) is 3.38. The van der Waals surface area contributed by atoms with Crippen LogP contribution in [-0.2, 0) is 9.53 Å². The maximum absolute atomic E-state index is 12.7. The smallest absolute Gasteiger partial charge is 0.410 e. The number of carbonyl (C=O) groups excluding carboxylic acids is 2. The summed E-state index contributed by atoms with van der Waals surface area (Å²) in [7, 11) is 0. The van der Waals surface area contributed by atoms with Crippen molar-refractivity contribution in [2.45, 2.75) is 39.7 Å². The van der Waals surface area contributed by atoms with Crippen LogP contribution in [0.4, 0.5) is 10.6 Å². The van der Waals surface area contributed by atoms with Gasteiger partial charge < -0.3 is 23.9 Å². The first-order valence-corrected chi connectivity index (χ1v) is 9.76. The first-order valence-electron chi connectivity index (χ1n) is 9.76. The molecule has 0 saturated carbocycles. The molecule has 4 rings (SSSR count). The van der Waals surface area contributed by atoms with Crippen molar-refractivity contribution in [2.75, 3.05) is 18.4 Å². The first kappa shape index (κ1) is 19.9. The van der Waals surface area contributed by atoms with Crippen LogP contribution in [0.2, 0.25) is 0 Å². The molecule has 0 radical (unpaired) electrons. The predicted octanol–water partition coefficient (Wildman–Crippen LogP) is 2.89. The molecule has 2 amide bonds. The first-order chi connectivity index (χ1) is 14.2. The molecule has 3 aromatic heterocycles. The fraction of sp³-hybridized carbons (Fsp3) is 0.450. The lowest BCUT2D eigenvalue weighted by Gasteiger charge is -2.24. The number of ether oxygens (including phenoxy) is 1. The lowest BCUT2D eigenvalue weighted by Crippen LogP contribution is -2.36. The molecule has 0 spiro atoms. The molecular weight excluding hydrogens is 388 g/mol. The molecule has 4 heterocycles. The van der Waals surface area contributed by atoms with Crippen LogP contribution in [0.25, 0.3) is 17.0 Å². The maximum Gasteiger partial charge on any atom is 0.410 e. The molecular formula is C20H24N6O4. The standard InChI is InChI=1S/C20H24N6O4/c1-12-21-17(24-30-12)13-5-6-16-22-15(11-26(16)9-13)23-18(27)14-7-8-25(10-14)19(28)29-20(2,3)4/h5-6,9,11,14H,7-8,10H2,1-4H3,(H,23,27)/t14-/m0/s1. The van der Waals surface area contributed by atoms with Gasteiger partial charge in [0.1, 0.15) is 11.2 Å². The van der Waals surface area contributed by atoms with E-state index in [4.69, 9.17) is 9.26 Å². The number of nitrogens with one attached hydrogen (secondary N) is 1. The second kappa shape index (κ2) is 7.43. The number of anilines is 1. The van der Waals surface area contributed by atoms with Gasteiger partial charge in [-0.05, 0) is 39.3 Å². The molecule has 0 bridgehead atoms. The Hall–Kier alpha value is -3.43. The Morgan fingerprint density at radius 2 is 2.03 bits per heavy atom. The minimum atomic E-state index is -0.562. The molecule has 1 saturated heterocycles. The Kier molecular flexibility index (Phi) is 4.92. The van der Waals surface area contributed by atoms with E-state index in [1.165, 1.54) is 0 Å². The number of nitrogens with zero attached hydrogens (tertiary/aromatic N) is 5. The summed E-state index contributed by atoms with van der Waals surface area (Å²) in [6, 6.07) is 3.66. The largest absolute Gasteiger partial charge is 0.444 e. The van der Waals surface area contributed by atoms with Gasteiger partial charge in [-0.1, -0.05) is 5.16 Å². The lowest BCUT2D eigenvalue weighted by atomic mass is 10.1. The van der Waals surface area contributed by atoms with Gasteiger partial charge in [-0.2, -0.15) is 4.98 Å². The van der Waals surface area contributed by atoms with Gasteiger partial charge in [0.2, 0.25) is 17.6 Å². The summed E-state index contributed by atoms with van der Waals surface area (Å²) in [5, 5.41) is 6.76. The Morgan fingerprint density at radius 1 is 1.23 bits per heavy atom. The third-order valence-corrected chi connectivity index (χ3v) is 4.70. The normalized spacial score (nSPS) is 16.8. The highest BCUT2D eigenvalue weighted by atomic mass is 16.6. The molecule has 1 N–H and O–H groups in total. The van der Waals surface area contributed by atoms with Gasteiger partial charge in [-0.15, -0.1) is 0 Å². The molecule has 158 valence electrons. The number of imidazole rings is 1. The van der Waals surface area contributed by atoms with Gasteiger partial charge in [0.25, 0.3) is 0 Å². The van der Waals surface area contributed by atoms with Crippen molar-refractivity contribution in [3.8, 4) is 11.4 Å². The number of hydrogen-bond acceptors (Lipinski definition) is 7. The quantitative estimate of drug-likeness (QED) is 0.703. The summed E-state index contributed by atoms with van der Waals surface area (Å²) in [5.41, 5.74) is 0.891. The Morgan fingerprint density at radius 3 is 2.73 bits per heavy atom. The Bertz CT molecular complexity index is 1100. The van der Waals surface area contributed by atoms with Gasteiger partial charge in [-0.25, -0.2) is 9.78 Å². The highest BCUT2D eigenvalue weighted by Gasteiger charge is 2.33. The van der Waals surface area contributed by atoms with Crippen molar-refractivity contribution in [2.24, 2.45) is 5.92 Å². The van der Waals surface area contributed by atoms with Gasteiger partial charge >= 0.3 is 6.09 Å². The number of pyridine rings is 1. The summed E-state index contributed by atoms with van der Waals surface area (Å²) in [4.78, 5) is 35.1. The molecule has 10 heteroatoms. The van der Waals surface area contributed by atoms with E-state index in [1.54, 1.807) is 22.4 Å². The number of carbonyl (C=O) groups is 2. The number of amides is 2. The van der Waals surface area contributed by atoms with Crippen molar-refractivity contribution in [3.63, 3.8) is 0 Å². The Labute approximate surface area is 173 Å². The van der Waals surface area contributed by atoms with E-state index in [1.807, 2.05) is 39.1 Å². The molecule has 0 unspecified atom stereocenters. The number of aryl methyl sites for hydroxylation is 1. The van der Waals surface area contributed by atoms with Crippen LogP contribution >= 0.6 is 0 Å². The van der Waals surface area contributed by atoms with E-state index < -0.39 is 11.7 Å². The highest BCUT2D eigenvalue weighted by molar-refractivity contribution is 5.92. The van der Waals surface area contributed by atoms with E-state index in [0.29, 0.717) is 42.7 Å². The summed E-state index contributed by atoms with van der Waals surface area (Å²) in [6.45, 7) is 8.01. The van der Waals surface area contributed by atoms with Crippen LogP contribution < -0.4 is 5.32 Å². The van der Waals surface area contributed by atoms with E-state index in [-0.39, 0.29) is 11.8 Å². The average molecular weight is 412 g/mol. The molecule has 10 nitrogen and oxygen atoms in total. The van der Waals surface area contributed by atoms with E-state index in [0.717, 1.165) is 5.56 Å². The third-order valence-electron chi connectivity index (χ3n) is 4.70. The molecule has 0 aliphatic carbocycles. The number of aromatic nitrogens is 4. The van der Waals surface area contributed by atoms with Crippen LogP contribution in [0.1, 0.15) is 33.1 Å². The number of hydrogen-bond donors (Lipinski definition) is 1. The lowest BCUT2D eigenvalue weighted by molar-refractivity contribution is -0.119. The van der Waals surface area contributed by atoms with E-state index in [9.17, 15) is 9.59 Å². The van der Waals surface area contributed by atoms with Crippen molar-refractivity contribution in [1.82, 2.24) is 24.4 Å². The van der Waals surface area contributed by atoms with Gasteiger partial charge in [0.15, 0.2) is 5.82 Å². The number of fused-ring (bicyclic) bond motifs is 1. The zero-order valence-corrected chi connectivity index (χ0v) is 17.4. The number of likely N-dealkylation sites (tertiary alicyclic amines) is 1. The minimum absolute atomic E-state index is 0.168. The topological polar surface area (TPSA) is 115 Å². The van der Waals surface area contributed by atoms with Crippen molar-refractivity contribution < 1.29 is 18.8 Å². The molecule has 30 heavy (non-hydrogen) atoms. The van der Waals surface area contributed by atoms with E-state index >= 15 is 0 Å². The summed E-state index contributed by atoms with van der Waals surface area (Å²) >= 11 is 0. The molecule has 1 fully saturated rings. The second-order valence-corrected chi connectivity index (χ2v) is 8.35. The molecule has 1 atom stereocenters. The SMILES string of the molecule is Cc1nc(-c2ccc3nc(NC(=O)[C@H]4CCN(C(=O)OC(C)(C)C)C4)cn3c2)no1. The minimum Gasteiger partial charge on any atom is -0.444 e. The fourth-order valence-corrected chi connectivity index (χ4v) is 3.30. The molecule has 3 aromatic rings. The third kappa shape index (κ3) is 4.27. The predicted molar refractivity (Wildman–Crippen MR) is 108 cm³/mol. The summed E-state index contributed by atoms with van der Waals surface area (Å²) in [5.74, 6) is 0.943. The van der Waals surface area contributed by atoms with Gasteiger partial charge in [-0.3, -0.25) is 4.79 Å². The van der Waals surface area contributed by atoms with Crippen molar-refractivity contribution in [3.05, 3.63) is 30.4 Å². The molecule has 0 aromatic carbocycles. The van der Waals surface area contributed by atoms with Gasteiger partial charge in [0.05, 0.1) is 12.1 Å². The van der Waals surface area contributed by atoms with Crippen LogP contribution in [0.15, 0.2) is 29.0 Å². The van der Waals surface area contributed by atoms with Gasteiger partial charge in [0, 0.05) is 31.8 Å². The van der Waals surface area contributed by atoms with E-state index in [2.05, 4.69) is 20.4 Å². The zero-order valence-electron chi connectivity index (χ0n) is 17.4. The Balaban J connectivity index is 1.41. The summed E-state index contributed by atoms with van der Waals surface area (Å²) in [6.07, 6.45) is 3.74. The highest BCUT2D eigenvalue weighted by Crippen LogP contribution is 2.22. The zero-order chi connectivity index (χ0) is 21.5. The van der Waals surface area contributed by atoms with Crippen molar-refractivity contribution >= 4 is 23.5 Å². The van der Waals surface area contributed by atoms with Crippen LogP contribution in [0.5, 0.6) is 0 Å². The monoisotopic (exact) mass is 412 g/mol. The summed E-state index contributed by atoms with van der Waals surface area (Å²) < 4.78 is 12.2. The van der Waals surface area contributed by atoms with Crippen LogP contribution in [-0.4, -0.2) is 55.1 Å². The van der Waals surface area contributed by atoms with Crippen LogP contribution in [0, 0.1) is 12.8 Å². The second-order valence-electron chi connectivity index (χ2n) is 8.35. The molecule has 1 aliphatic heterocycles. The van der Waals surface area contributed by atoms with Crippen LogP contribution in [0.3, 0.4) is 0 Å². The molecule has 1 aliphatic rings. The number of rotatable bonds is 3. The maximum atomic E-state index is 12.7. The van der Waals surface area contributed by atoms with Crippen molar-refractivity contribution in [1.29, 1.82) is 0 Å².